The second-order valence-corrected chi connectivity index (χ2v) is 5.46. The Bertz CT molecular complexity index is 775. The summed E-state index contributed by atoms with van der Waals surface area (Å²) in [6.07, 6.45) is 0.950. The van der Waals surface area contributed by atoms with E-state index < -0.39 is 0 Å². The lowest BCUT2D eigenvalue weighted by Gasteiger charge is -2.15. The molecule has 0 fully saturated rings. The van der Waals surface area contributed by atoms with Crippen LogP contribution >= 0.6 is 0 Å². The number of aromatic nitrogens is 1. The third kappa shape index (κ3) is 3.04. The summed E-state index contributed by atoms with van der Waals surface area (Å²) in [5, 5.41) is 9.31. The van der Waals surface area contributed by atoms with Gasteiger partial charge in [-0.15, -0.1) is 0 Å². The van der Waals surface area contributed by atoms with Gasteiger partial charge >= 0.3 is 0 Å². The Hall–Kier alpha value is -2.54. The molecule has 1 N–H and O–H groups in total. The Labute approximate surface area is 130 Å². The summed E-state index contributed by atoms with van der Waals surface area (Å²) < 4.78 is 5.68. The van der Waals surface area contributed by atoms with Crippen molar-refractivity contribution in [1.29, 1.82) is 5.26 Å². The molecule has 0 aliphatic carbocycles. The molecular formula is C18H20N2O2. The minimum atomic E-state index is -0.345. The standard InChI is InChI=1S/C18H20N2O2/c1-5-6-22-14-7-11(2)17(12(3)8-14)15-9-13(4)20-18(21)16(15)10-19/h7-9H,5-6H2,1-4H3,(H,20,21). The van der Waals surface area contributed by atoms with E-state index in [9.17, 15) is 10.1 Å². The van der Waals surface area contributed by atoms with E-state index in [4.69, 9.17) is 4.74 Å². The molecule has 22 heavy (non-hydrogen) atoms. The molecule has 0 unspecified atom stereocenters. The maximum atomic E-state index is 12.0. The van der Waals surface area contributed by atoms with Crippen molar-refractivity contribution in [3.05, 3.63) is 50.9 Å². The molecule has 114 valence electrons. The Balaban J connectivity index is 2.64. The largest absolute Gasteiger partial charge is 0.494 e. The molecule has 4 heteroatoms. The average molecular weight is 296 g/mol. The highest BCUT2D eigenvalue weighted by atomic mass is 16.5. The first-order valence-corrected chi connectivity index (χ1v) is 7.36. The van der Waals surface area contributed by atoms with E-state index in [2.05, 4.69) is 11.9 Å². The summed E-state index contributed by atoms with van der Waals surface area (Å²) in [7, 11) is 0. The molecule has 0 saturated carbocycles. The highest BCUT2D eigenvalue weighted by Gasteiger charge is 2.15. The summed E-state index contributed by atoms with van der Waals surface area (Å²) in [5.74, 6) is 0.820. The Morgan fingerprint density at radius 1 is 1.18 bits per heavy atom. The Kier molecular flexibility index (Phi) is 4.67. The first-order chi connectivity index (χ1) is 10.5. The number of hydrogen-bond donors (Lipinski definition) is 1. The van der Waals surface area contributed by atoms with Crippen LogP contribution in [-0.4, -0.2) is 11.6 Å². The van der Waals surface area contributed by atoms with Crippen LogP contribution in [0.3, 0.4) is 0 Å². The van der Waals surface area contributed by atoms with Crippen LogP contribution in [0.15, 0.2) is 23.0 Å². The van der Waals surface area contributed by atoms with E-state index in [0.717, 1.165) is 34.6 Å². The molecule has 0 bridgehead atoms. The molecular weight excluding hydrogens is 276 g/mol. The fourth-order valence-corrected chi connectivity index (χ4v) is 2.65. The topological polar surface area (TPSA) is 65.9 Å². The fraction of sp³-hybridized carbons (Fsp3) is 0.333. The first kappa shape index (κ1) is 15.8. The number of rotatable bonds is 4. The number of aromatic amines is 1. The lowest BCUT2D eigenvalue weighted by atomic mass is 9.92. The third-order valence-electron chi connectivity index (χ3n) is 3.53. The van der Waals surface area contributed by atoms with Crippen LogP contribution in [0, 0.1) is 32.1 Å². The van der Waals surface area contributed by atoms with Gasteiger partial charge in [-0.3, -0.25) is 4.79 Å². The number of nitrogens with one attached hydrogen (secondary N) is 1. The van der Waals surface area contributed by atoms with Crippen molar-refractivity contribution < 1.29 is 4.74 Å². The monoisotopic (exact) mass is 296 g/mol. The van der Waals surface area contributed by atoms with Gasteiger partial charge in [-0.2, -0.15) is 5.26 Å². The van der Waals surface area contributed by atoms with E-state index in [1.807, 2.05) is 45.0 Å². The van der Waals surface area contributed by atoms with Gasteiger partial charge in [0.2, 0.25) is 0 Å². The number of hydrogen-bond acceptors (Lipinski definition) is 3. The number of H-pyrrole nitrogens is 1. The molecule has 2 aromatic rings. The second kappa shape index (κ2) is 6.48. The quantitative estimate of drug-likeness (QED) is 0.937. The number of aryl methyl sites for hydroxylation is 3. The minimum Gasteiger partial charge on any atom is -0.494 e. The van der Waals surface area contributed by atoms with Crippen molar-refractivity contribution in [3.8, 4) is 22.9 Å². The number of benzene rings is 1. The Morgan fingerprint density at radius 2 is 1.82 bits per heavy atom. The smallest absolute Gasteiger partial charge is 0.266 e. The summed E-state index contributed by atoms with van der Waals surface area (Å²) in [6.45, 7) is 8.49. The van der Waals surface area contributed by atoms with Crippen LogP contribution in [0.4, 0.5) is 0 Å². The third-order valence-corrected chi connectivity index (χ3v) is 3.53. The molecule has 1 heterocycles. The van der Waals surface area contributed by atoms with Crippen molar-refractivity contribution in [3.63, 3.8) is 0 Å². The second-order valence-electron chi connectivity index (χ2n) is 5.46. The van der Waals surface area contributed by atoms with Crippen molar-refractivity contribution in [1.82, 2.24) is 4.98 Å². The fourth-order valence-electron chi connectivity index (χ4n) is 2.65. The number of ether oxygens (including phenoxy) is 1. The number of nitriles is 1. The molecule has 0 amide bonds. The lowest BCUT2D eigenvalue weighted by molar-refractivity contribution is 0.317. The summed E-state index contributed by atoms with van der Waals surface area (Å²) in [6, 6.07) is 7.78. The van der Waals surface area contributed by atoms with Crippen LogP contribution < -0.4 is 10.3 Å². The summed E-state index contributed by atoms with van der Waals surface area (Å²) in [4.78, 5) is 14.7. The van der Waals surface area contributed by atoms with Crippen LogP contribution in [0.1, 0.15) is 35.7 Å². The van der Waals surface area contributed by atoms with Gasteiger partial charge in [0.05, 0.1) is 6.61 Å². The van der Waals surface area contributed by atoms with Crippen molar-refractivity contribution >= 4 is 0 Å². The summed E-state index contributed by atoms with van der Waals surface area (Å²) in [5.41, 5.74) is 4.14. The van der Waals surface area contributed by atoms with Gasteiger partial charge in [0, 0.05) is 11.3 Å². The molecule has 0 radical (unpaired) electrons. The highest BCUT2D eigenvalue weighted by Crippen LogP contribution is 2.32. The van der Waals surface area contributed by atoms with Crippen molar-refractivity contribution in [2.24, 2.45) is 0 Å². The van der Waals surface area contributed by atoms with E-state index in [1.165, 1.54) is 0 Å². The molecule has 0 spiro atoms. The van der Waals surface area contributed by atoms with Crippen molar-refractivity contribution in [2.45, 2.75) is 34.1 Å². The van der Waals surface area contributed by atoms with Gasteiger partial charge in [-0.25, -0.2) is 0 Å². The lowest BCUT2D eigenvalue weighted by Crippen LogP contribution is -2.13. The molecule has 0 atom stereocenters. The van der Waals surface area contributed by atoms with E-state index in [1.54, 1.807) is 0 Å². The van der Waals surface area contributed by atoms with Gasteiger partial charge in [-0.05, 0) is 62.1 Å². The number of pyridine rings is 1. The summed E-state index contributed by atoms with van der Waals surface area (Å²) >= 11 is 0. The molecule has 1 aromatic carbocycles. The SMILES string of the molecule is CCCOc1cc(C)c(-c2cc(C)[nH]c(=O)c2C#N)c(C)c1. The number of nitrogens with zero attached hydrogens (tertiary/aromatic N) is 1. The van der Waals surface area contributed by atoms with Gasteiger partial charge in [-0.1, -0.05) is 6.92 Å². The zero-order chi connectivity index (χ0) is 16.3. The highest BCUT2D eigenvalue weighted by molar-refractivity contribution is 5.76. The zero-order valence-corrected chi connectivity index (χ0v) is 13.4. The molecule has 1 aromatic heterocycles. The predicted molar refractivity (Wildman–Crippen MR) is 87.2 cm³/mol. The average Bonchev–Trinajstić information content (AvgIpc) is 2.44. The molecule has 4 nitrogen and oxygen atoms in total. The molecule has 0 saturated heterocycles. The van der Waals surface area contributed by atoms with E-state index >= 15 is 0 Å². The van der Waals surface area contributed by atoms with Gasteiger partial charge in [0.1, 0.15) is 17.4 Å². The van der Waals surface area contributed by atoms with Crippen LogP contribution in [0.5, 0.6) is 5.75 Å². The van der Waals surface area contributed by atoms with Gasteiger partial charge in [0.15, 0.2) is 0 Å². The molecule has 0 aliphatic heterocycles. The van der Waals surface area contributed by atoms with E-state index in [0.29, 0.717) is 12.2 Å². The zero-order valence-electron chi connectivity index (χ0n) is 13.4. The van der Waals surface area contributed by atoms with Crippen LogP contribution in [0.25, 0.3) is 11.1 Å². The first-order valence-electron chi connectivity index (χ1n) is 7.36. The molecule has 0 aliphatic rings. The maximum absolute atomic E-state index is 12.0. The van der Waals surface area contributed by atoms with Gasteiger partial charge < -0.3 is 9.72 Å². The van der Waals surface area contributed by atoms with Crippen LogP contribution in [-0.2, 0) is 0 Å². The van der Waals surface area contributed by atoms with Gasteiger partial charge in [0.25, 0.3) is 5.56 Å². The van der Waals surface area contributed by atoms with Crippen molar-refractivity contribution in [2.75, 3.05) is 6.61 Å². The normalized spacial score (nSPS) is 10.3. The van der Waals surface area contributed by atoms with E-state index in [-0.39, 0.29) is 11.1 Å². The maximum Gasteiger partial charge on any atom is 0.266 e. The molecule has 2 rings (SSSR count). The minimum absolute atomic E-state index is 0.152. The Morgan fingerprint density at radius 3 is 2.36 bits per heavy atom. The predicted octanol–water partition coefficient (Wildman–Crippen LogP) is 3.63. The van der Waals surface area contributed by atoms with Crippen LogP contribution in [0.2, 0.25) is 0 Å².